The van der Waals surface area contributed by atoms with Gasteiger partial charge in [0, 0.05) is 23.2 Å². The van der Waals surface area contributed by atoms with E-state index in [1.165, 1.54) is 35.6 Å². The van der Waals surface area contributed by atoms with E-state index in [0.29, 0.717) is 11.3 Å². The number of anilines is 1. The van der Waals surface area contributed by atoms with Gasteiger partial charge in [-0.25, -0.2) is 4.39 Å². The average Bonchev–Trinajstić information content (AvgIpc) is 3.10. The number of halogens is 1. The number of amides is 2. The van der Waals surface area contributed by atoms with Crippen LogP contribution < -0.4 is 10.6 Å². The van der Waals surface area contributed by atoms with E-state index in [0.717, 1.165) is 0 Å². The van der Waals surface area contributed by atoms with Crippen LogP contribution in [0.3, 0.4) is 0 Å². The lowest BCUT2D eigenvalue weighted by molar-refractivity contribution is -0.147. The number of nitrogens with one attached hydrogen (secondary N) is 2. The summed E-state index contributed by atoms with van der Waals surface area (Å²) < 4.78 is 17.5. The standard InChI is InChI=1S/C16H15FN2O4S/c17-12-1-3-13(4-2-12)19-14(20)9-23-15(21)5-7-18-16(22)11-6-8-24-10-11/h1-4,6,8,10H,5,7,9H2,(H,18,22)(H,19,20). The monoisotopic (exact) mass is 350 g/mol. The molecule has 0 aliphatic carbocycles. The molecule has 24 heavy (non-hydrogen) atoms. The SMILES string of the molecule is O=C(COC(=O)CCNC(=O)c1ccsc1)Nc1ccc(F)cc1. The maximum Gasteiger partial charge on any atom is 0.308 e. The van der Waals surface area contributed by atoms with Gasteiger partial charge in [0.15, 0.2) is 6.61 Å². The third-order valence-corrected chi connectivity index (χ3v) is 3.57. The zero-order chi connectivity index (χ0) is 17.4. The summed E-state index contributed by atoms with van der Waals surface area (Å²) in [5.41, 5.74) is 0.938. The third kappa shape index (κ3) is 5.81. The smallest absolute Gasteiger partial charge is 0.308 e. The predicted octanol–water partition coefficient (Wildman–Crippen LogP) is 2.19. The molecule has 2 N–H and O–H groups in total. The number of ether oxygens (including phenoxy) is 1. The van der Waals surface area contributed by atoms with E-state index in [1.807, 2.05) is 0 Å². The van der Waals surface area contributed by atoms with E-state index < -0.39 is 24.3 Å². The summed E-state index contributed by atoms with van der Waals surface area (Å²) in [7, 11) is 0. The Morgan fingerprint density at radius 2 is 1.88 bits per heavy atom. The van der Waals surface area contributed by atoms with Gasteiger partial charge in [0.05, 0.1) is 6.42 Å². The van der Waals surface area contributed by atoms with Gasteiger partial charge in [-0.1, -0.05) is 0 Å². The zero-order valence-electron chi connectivity index (χ0n) is 12.6. The maximum absolute atomic E-state index is 12.7. The predicted molar refractivity (Wildman–Crippen MR) is 87.3 cm³/mol. The fraction of sp³-hybridized carbons (Fsp3) is 0.188. The number of thiophene rings is 1. The molecule has 0 radical (unpaired) electrons. The molecule has 0 aliphatic heterocycles. The lowest BCUT2D eigenvalue weighted by atomic mass is 10.3. The Morgan fingerprint density at radius 1 is 1.12 bits per heavy atom. The molecule has 0 saturated carbocycles. The second-order valence-electron chi connectivity index (χ2n) is 4.73. The summed E-state index contributed by atoms with van der Waals surface area (Å²) in [5.74, 6) is -1.81. The molecule has 0 unspecified atom stereocenters. The Bertz CT molecular complexity index is 701. The fourth-order valence-corrected chi connectivity index (χ4v) is 2.36. The highest BCUT2D eigenvalue weighted by Crippen LogP contribution is 2.08. The van der Waals surface area contributed by atoms with E-state index >= 15 is 0 Å². The largest absolute Gasteiger partial charge is 0.456 e. The van der Waals surface area contributed by atoms with Crippen LogP contribution in [0, 0.1) is 5.82 Å². The molecular formula is C16H15FN2O4S. The second-order valence-corrected chi connectivity index (χ2v) is 5.51. The van der Waals surface area contributed by atoms with Crippen LogP contribution in [0.4, 0.5) is 10.1 Å². The van der Waals surface area contributed by atoms with Gasteiger partial charge in [0.2, 0.25) is 0 Å². The fourth-order valence-electron chi connectivity index (χ4n) is 1.72. The van der Waals surface area contributed by atoms with Crippen LogP contribution in [0.5, 0.6) is 0 Å². The van der Waals surface area contributed by atoms with Crippen LogP contribution in [0.25, 0.3) is 0 Å². The van der Waals surface area contributed by atoms with Crippen molar-refractivity contribution in [1.82, 2.24) is 5.32 Å². The number of hydrogen-bond acceptors (Lipinski definition) is 5. The van der Waals surface area contributed by atoms with Crippen molar-refractivity contribution in [3.8, 4) is 0 Å². The highest BCUT2D eigenvalue weighted by atomic mass is 32.1. The van der Waals surface area contributed by atoms with Gasteiger partial charge in [-0.15, -0.1) is 0 Å². The van der Waals surface area contributed by atoms with Crippen molar-refractivity contribution in [2.45, 2.75) is 6.42 Å². The average molecular weight is 350 g/mol. The number of esters is 1. The summed E-state index contributed by atoms with van der Waals surface area (Å²) >= 11 is 1.40. The topological polar surface area (TPSA) is 84.5 Å². The van der Waals surface area contributed by atoms with Gasteiger partial charge in [-0.2, -0.15) is 11.3 Å². The first kappa shape index (κ1) is 17.6. The van der Waals surface area contributed by atoms with E-state index in [2.05, 4.69) is 10.6 Å². The van der Waals surface area contributed by atoms with Crippen LogP contribution in [0.2, 0.25) is 0 Å². The zero-order valence-corrected chi connectivity index (χ0v) is 13.4. The molecule has 0 fully saturated rings. The van der Waals surface area contributed by atoms with Gasteiger partial charge in [-0.3, -0.25) is 14.4 Å². The van der Waals surface area contributed by atoms with Crippen LogP contribution in [0.1, 0.15) is 16.8 Å². The third-order valence-electron chi connectivity index (χ3n) is 2.89. The first-order valence-corrected chi connectivity index (χ1v) is 8.00. The molecule has 2 amide bonds. The van der Waals surface area contributed by atoms with Crippen molar-refractivity contribution in [2.24, 2.45) is 0 Å². The van der Waals surface area contributed by atoms with Crippen LogP contribution in [0.15, 0.2) is 41.1 Å². The van der Waals surface area contributed by atoms with Crippen LogP contribution >= 0.6 is 11.3 Å². The summed E-state index contributed by atoms with van der Waals surface area (Å²) in [6.45, 7) is -0.332. The van der Waals surface area contributed by atoms with E-state index in [4.69, 9.17) is 4.74 Å². The van der Waals surface area contributed by atoms with E-state index in [9.17, 15) is 18.8 Å². The lowest BCUT2D eigenvalue weighted by Crippen LogP contribution is -2.27. The normalized spacial score (nSPS) is 10.0. The second kappa shape index (κ2) is 8.78. The molecule has 0 saturated heterocycles. The minimum absolute atomic E-state index is 0.0420. The van der Waals surface area contributed by atoms with Crippen molar-refractivity contribution in [3.63, 3.8) is 0 Å². The Kier molecular flexibility index (Phi) is 6.44. The summed E-state index contributed by atoms with van der Waals surface area (Å²) in [6, 6.07) is 6.89. The number of rotatable bonds is 7. The molecule has 1 heterocycles. The summed E-state index contributed by atoms with van der Waals surface area (Å²) in [4.78, 5) is 34.7. The Balaban J connectivity index is 1.63. The van der Waals surface area contributed by atoms with E-state index in [-0.39, 0.29) is 18.9 Å². The van der Waals surface area contributed by atoms with Crippen molar-refractivity contribution in [1.29, 1.82) is 0 Å². The maximum atomic E-state index is 12.7. The van der Waals surface area contributed by atoms with Gasteiger partial charge < -0.3 is 15.4 Å². The van der Waals surface area contributed by atoms with Gasteiger partial charge >= 0.3 is 5.97 Å². The van der Waals surface area contributed by atoms with Gasteiger partial charge in [0.1, 0.15) is 5.82 Å². The Hall–Kier alpha value is -2.74. The van der Waals surface area contributed by atoms with Gasteiger partial charge in [0.25, 0.3) is 11.8 Å². The molecule has 0 bridgehead atoms. The first-order chi connectivity index (χ1) is 11.5. The molecule has 126 valence electrons. The Labute approximate surface area is 141 Å². The van der Waals surface area contributed by atoms with Crippen molar-refractivity contribution < 1.29 is 23.5 Å². The number of carbonyl (C=O) groups excluding carboxylic acids is 3. The Morgan fingerprint density at radius 3 is 2.54 bits per heavy atom. The summed E-state index contributed by atoms with van der Waals surface area (Å²) in [5, 5.41) is 8.53. The van der Waals surface area contributed by atoms with Crippen molar-refractivity contribution in [3.05, 3.63) is 52.5 Å². The number of carbonyl (C=O) groups is 3. The molecule has 1 aromatic heterocycles. The van der Waals surface area contributed by atoms with Gasteiger partial charge in [-0.05, 0) is 35.7 Å². The molecule has 1 aromatic carbocycles. The molecule has 0 atom stereocenters. The number of hydrogen-bond donors (Lipinski definition) is 2. The molecule has 0 aliphatic rings. The molecule has 8 heteroatoms. The summed E-state index contributed by atoms with van der Waals surface area (Å²) in [6.07, 6.45) is -0.0420. The molecule has 2 rings (SSSR count). The molecule has 2 aromatic rings. The van der Waals surface area contributed by atoms with Crippen molar-refractivity contribution in [2.75, 3.05) is 18.5 Å². The lowest BCUT2D eigenvalue weighted by Gasteiger charge is -2.07. The van der Waals surface area contributed by atoms with Crippen LogP contribution in [-0.4, -0.2) is 30.9 Å². The quantitative estimate of drug-likeness (QED) is 0.750. The minimum atomic E-state index is -0.602. The molecule has 6 nitrogen and oxygen atoms in total. The number of benzene rings is 1. The molecular weight excluding hydrogens is 335 g/mol. The minimum Gasteiger partial charge on any atom is -0.456 e. The van der Waals surface area contributed by atoms with E-state index in [1.54, 1.807) is 16.8 Å². The van der Waals surface area contributed by atoms with Crippen molar-refractivity contribution >= 4 is 34.8 Å². The molecule has 0 spiro atoms. The van der Waals surface area contributed by atoms with Crippen LogP contribution in [-0.2, 0) is 14.3 Å². The first-order valence-electron chi connectivity index (χ1n) is 7.06. The highest BCUT2D eigenvalue weighted by Gasteiger charge is 2.10. The highest BCUT2D eigenvalue weighted by molar-refractivity contribution is 7.08.